The van der Waals surface area contributed by atoms with Gasteiger partial charge in [-0.25, -0.2) is 4.98 Å². The van der Waals surface area contributed by atoms with Crippen LogP contribution in [0.2, 0.25) is 5.02 Å². The van der Waals surface area contributed by atoms with Gasteiger partial charge in [0, 0.05) is 28.1 Å². The van der Waals surface area contributed by atoms with Gasteiger partial charge in [0.2, 0.25) is 0 Å². The molecule has 0 aliphatic carbocycles. The minimum atomic E-state index is -0.863. The molecule has 3 rings (SSSR count). The lowest BCUT2D eigenvalue weighted by Gasteiger charge is -2.07. The van der Waals surface area contributed by atoms with E-state index in [0.29, 0.717) is 18.1 Å². The van der Waals surface area contributed by atoms with E-state index >= 15 is 0 Å². The lowest BCUT2D eigenvalue weighted by atomic mass is 10.1. The van der Waals surface area contributed by atoms with Gasteiger partial charge >= 0.3 is 5.97 Å². The van der Waals surface area contributed by atoms with Gasteiger partial charge in [-0.2, -0.15) is 0 Å². The number of halogens is 1. The molecule has 2 aromatic rings. The highest BCUT2D eigenvalue weighted by Gasteiger charge is 2.18. The van der Waals surface area contributed by atoms with Crippen LogP contribution in [0.5, 0.6) is 5.75 Å². The van der Waals surface area contributed by atoms with E-state index in [4.69, 9.17) is 21.4 Å². The summed E-state index contributed by atoms with van der Waals surface area (Å²) < 4.78 is 6.52. The summed E-state index contributed by atoms with van der Waals surface area (Å²) >= 11 is 9.16. The molecule has 4 nitrogen and oxygen atoms in total. The Hall–Kier alpha value is -1.24. The number of thiazole rings is 1. The van der Waals surface area contributed by atoms with E-state index in [1.165, 1.54) is 11.3 Å². The Balaban J connectivity index is 1.71. The van der Waals surface area contributed by atoms with Crippen LogP contribution >= 0.6 is 34.7 Å². The number of benzene rings is 1. The van der Waals surface area contributed by atoms with E-state index in [-0.39, 0.29) is 6.42 Å². The summed E-state index contributed by atoms with van der Waals surface area (Å²) in [5.74, 6) is 0.787. The number of hydrogen-bond acceptors (Lipinski definition) is 5. The average Bonchev–Trinajstić information content (AvgIpc) is 3.04. The second-order valence-electron chi connectivity index (χ2n) is 4.62. The Morgan fingerprint density at radius 1 is 1.52 bits per heavy atom. The molecule has 1 aromatic heterocycles. The van der Waals surface area contributed by atoms with Crippen molar-refractivity contribution >= 4 is 40.7 Å². The third kappa shape index (κ3) is 3.51. The topological polar surface area (TPSA) is 59.4 Å². The Labute approximate surface area is 135 Å². The molecule has 0 saturated heterocycles. The van der Waals surface area contributed by atoms with Crippen molar-refractivity contribution in [1.29, 1.82) is 0 Å². The fraction of sp³-hybridized carbons (Fsp3) is 0.286. The van der Waals surface area contributed by atoms with Crippen molar-refractivity contribution in [2.45, 2.75) is 22.9 Å². The molecule has 1 aromatic carbocycles. The number of carboxylic acids is 1. The minimum absolute atomic E-state index is 0.0350. The molecule has 7 heteroatoms. The van der Waals surface area contributed by atoms with Crippen molar-refractivity contribution in [2.24, 2.45) is 0 Å². The maximum Gasteiger partial charge on any atom is 0.309 e. The van der Waals surface area contributed by atoms with Crippen molar-refractivity contribution < 1.29 is 14.6 Å². The first-order chi connectivity index (χ1) is 10.1. The fourth-order valence-electron chi connectivity index (χ4n) is 2.18. The van der Waals surface area contributed by atoms with Crippen LogP contribution in [0.25, 0.3) is 0 Å². The van der Waals surface area contributed by atoms with Gasteiger partial charge in [-0.1, -0.05) is 23.4 Å². The molecule has 0 fully saturated rings. The Bertz CT molecular complexity index is 687. The fourth-order valence-corrected chi connectivity index (χ4v) is 4.26. The van der Waals surface area contributed by atoms with Crippen molar-refractivity contribution in [1.82, 2.24) is 4.98 Å². The van der Waals surface area contributed by atoms with Crippen LogP contribution in [0.3, 0.4) is 0 Å². The number of aromatic nitrogens is 1. The van der Waals surface area contributed by atoms with Crippen LogP contribution in [0, 0.1) is 0 Å². The predicted molar refractivity (Wildman–Crippen MR) is 83.7 cm³/mol. The van der Waals surface area contributed by atoms with Crippen LogP contribution in [-0.4, -0.2) is 22.7 Å². The summed E-state index contributed by atoms with van der Waals surface area (Å²) in [5.41, 5.74) is 2.82. The monoisotopic (exact) mass is 341 g/mol. The zero-order chi connectivity index (χ0) is 14.8. The number of aliphatic carboxylic acids is 1. The quantitative estimate of drug-likeness (QED) is 0.841. The largest absolute Gasteiger partial charge is 0.493 e. The molecule has 0 amide bonds. The third-order valence-electron chi connectivity index (χ3n) is 3.04. The van der Waals surface area contributed by atoms with E-state index in [1.807, 2.05) is 12.1 Å². The lowest BCUT2D eigenvalue weighted by Crippen LogP contribution is -1.99. The highest BCUT2D eigenvalue weighted by molar-refractivity contribution is 8.00. The van der Waals surface area contributed by atoms with Crippen molar-refractivity contribution in [2.75, 3.05) is 6.61 Å². The smallest absolute Gasteiger partial charge is 0.309 e. The zero-order valence-electron chi connectivity index (χ0n) is 11.0. The molecule has 1 aliphatic heterocycles. The first-order valence-electron chi connectivity index (χ1n) is 6.35. The van der Waals surface area contributed by atoms with Gasteiger partial charge in [0.1, 0.15) is 10.1 Å². The molecule has 0 spiro atoms. The molecule has 0 bridgehead atoms. The number of thioether (sulfide) groups is 1. The summed E-state index contributed by atoms with van der Waals surface area (Å²) in [7, 11) is 0. The molecule has 0 unspecified atom stereocenters. The Kier molecular flexibility index (Phi) is 4.37. The van der Waals surface area contributed by atoms with Gasteiger partial charge in [0.25, 0.3) is 0 Å². The molecule has 1 N–H and O–H groups in total. The van der Waals surface area contributed by atoms with Crippen molar-refractivity contribution in [3.05, 3.63) is 39.4 Å². The number of ether oxygens (including phenoxy) is 1. The van der Waals surface area contributed by atoms with Crippen LogP contribution in [-0.2, 0) is 23.4 Å². The summed E-state index contributed by atoms with van der Waals surface area (Å²) in [6, 6.07) is 3.87. The second kappa shape index (κ2) is 6.25. The third-order valence-corrected chi connectivity index (χ3v) is 5.38. The van der Waals surface area contributed by atoms with Crippen LogP contribution < -0.4 is 4.74 Å². The molecular formula is C14H12ClNO3S2. The highest BCUT2D eigenvalue weighted by Crippen LogP contribution is 2.37. The summed E-state index contributed by atoms with van der Waals surface area (Å²) in [6.45, 7) is 0.702. The molecule has 21 heavy (non-hydrogen) atoms. The van der Waals surface area contributed by atoms with Gasteiger partial charge in [0.05, 0.1) is 18.7 Å². The summed E-state index contributed by atoms with van der Waals surface area (Å²) in [4.78, 5) is 15.0. The standard InChI is InChI=1S/C14H12ClNO3S2/c15-10-3-8-1-2-19-13(8)9(4-10)6-20-14-16-11(7-21-14)5-12(17)18/h3-4,7H,1-2,5-6H2,(H,17,18). The second-order valence-corrected chi connectivity index (χ2v) is 7.13. The van der Waals surface area contributed by atoms with E-state index in [1.54, 1.807) is 17.1 Å². The normalized spacial score (nSPS) is 13.0. The van der Waals surface area contributed by atoms with Gasteiger partial charge in [-0.05, 0) is 17.7 Å². The lowest BCUT2D eigenvalue weighted by molar-refractivity contribution is -0.136. The van der Waals surface area contributed by atoms with Crippen LogP contribution in [0.4, 0.5) is 0 Å². The van der Waals surface area contributed by atoms with Crippen molar-refractivity contribution in [3.63, 3.8) is 0 Å². The van der Waals surface area contributed by atoms with Gasteiger partial charge in [-0.15, -0.1) is 11.3 Å². The van der Waals surface area contributed by atoms with E-state index in [2.05, 4.69) is 4.98 Å². The van der Waals surface area contributed by atoms with Crippen molar-refractivity contribution in [3.8, 4) is 5.75 Å². The number of rotatable bonds is 5. The molecule has 0 radical (unpaired) electrons. The molecule has 0 atom stereocenters. The molecule has 0 saturated carbocycles. The van der Waals surface area contributed by atoms with Crippen LogP contribution in [0.1, 0.15) is 16.8 Å². The molecule has 2 heterocycles. The number of nitrogens with zero attached hydrogens (tertiary/aromatic N) is 1. The Morgan fingerprint density at radius 2 is 2.38 bits per heavy atom. The first-order valence-corrected chi connectivity index (χ1v) is 8.59. The minimum Gasteiger partial charge on any atom is -0.493 e. The summed E-state index contributed by atoms with van der Waals surface area (Å²) in [6.07, 6.45) is 0.861. The number of hydrogen-bond donors (Lipinski definition) is 1. The van der Waals surface area contributed by atoms with Crippen LogP contribution in [0.15, 0.2) is 21.9 Å². The average molecular weight is 342 g/mol. The zero-order valence-corrected chi connectivity index (χ0v) is 13.4. The number of carbonyl (C=O) groups is 1. The van der Waals surface area contributed by atoms with E-state index in [0.717, 1.165) is 32.7 Å². The van der Waals surface area contributed by atoms with E-state index < -0.39 is 5.97 Å². The maximum atomic E-state index is 10.6. The predicted octanol–water partition coefficient (Wildman–Crippen LogP) is 3.65. The highest BCUT2D eigenvalue weighted by atomic mass is 35.5. The molecule has 1 aliphatic rings. The van der Waals surface area contributed by atoms with Gasteiger partial charge in [0.15, 0.2) is 0 Å². The Morgan fingerprint density at radius 3 is 3.19 bits per heavy atom. The van der Waals surface area contributed by atoms with Gasteiger partial charge in [-0.3, -0.25) is 4.79 Å². The molecule has 110 valence electrons. The maximum absolute atomic E-state index is 10.6. The number of fused-ring (bicyclic) bond motifs is 1. The summed E-state index contributed by atoms with van der Waals surface area (Å²) in [5, 5.41) is 11.3. The number of carboxylic acid groups (broad SMARTS) is 1. The first kappa shape index (κ1) is 14.7. The molecular weight excluding hydrogens is 330 g/mol. The SMILES string of the molecule is O=C(O)Cc1csc(SCc2cc(Cl)cc3c2OCC3)n1. The van der Waals surface area contributed by atoms with E-state index in [9.17, 15) is 4.79 Å². The van der Waals surface area contributed by atoms with Gasteiger partial charge < -0.3 is 9.84 Å².